The van der Waals surface area contributed by atoms with Crippen molar-refractivity contribution in [3.63, 3.8) is 0 Å². The summed E-state index contributed by atoms with van der Waals surface area (Å²) >= 11 is 0. The van der Waals surface area contributed by atoms with Gasteiger partial charge in [-0.3, -0.25) is 0 Å². The molecule has 1 radical (unpaired) electrons. The molecule has 93 valence electrons. The zero-order valence-corrected chi connectivity index (χ0v) is 13.9. The van der Waals surface area contributed by atoms with Crippen LogP contribution in [0.2, 0.25) is 0 Å². The van der Waals surface area contributed by atoms with Gasteiger partial charge in [-0.05, 0) is 17.5 Å². The summed E-state index contributed by atoms with van der Waals surface area (Å²) < 4.78 is 0. The monoisotopic (exact) mass is 329 g/mol. The van der Waals surface area contributed by atoms with Crippen molar-refractivity contribution in [2.45, 2.75) is 6.42 Å². The van der Waals surface area contributed by atoms with Crippen LogP contribution < -0.4 is 0 Å². The Hall–Kier alpha value is -1.24. The fraction of sp³-hybridized carbons (Fsp3) is 0.0526. The molecule has 1 heteroatoms. The van der Waals surface area contributed by atoms with Crippen LogP contribution in [0.1, 0.15) is 11.1 Å². The van der Waals surface area contributed by atoms with Gasteiger partial charge in [0.2, 0.25) is 0 Å². The number of benzene rings is 3. The molecular weight excluding hydrogens is 317 g/mol. The van der Waals surface area contributed by atoms with Crippen LogP contribution in [-0.2, 0) is 39.1 Å². The molecule has 0 atom stereocenters. The van der Waals surface area contributed by atoms with Gasteiger partial charge in [0.1, 0.15) is 0 Å². The van der Waals surface area contributed by atoms with E-state index in [1.807, 2.05) is 18.2 Å². The Bertz CT molecular complexity index is 745. The Morgan fingerprint density at radius 3 is 2.45 bits per heavy atom. The normalized spacial score (nSPS) is 11.4. The Labute approximate surface area is 144 Å². The van der Waals surface area contributed by atoms with E-state index in [9.17, 15) is 0 Å². The third kappa shape index (κ3) is 2.28. The van der Waals surface area contributed by atoms with Gasteiger partial charge in [-0.25, -0.2) is 11.1 Å². The van der Waals surface area contributed by atoms with Crippen molar-refractivity contribution in [2.75, 3.05) is 0 Å². The van der Waals surface area contributed by atoms with Crippen LogP contribution in [0, 0.1) is 12.1 Å². The minimum Gasteiger partial charge on any atom is -0.226 e. The van der Waals surface area contributed by atoms with E-state index in [-0.39, 0.29) is 32.7 Å². The molecule has 1 aliphatic carbocycles. The fourth-order valence-corrected chi connectivity index (χ4v) is 2.78. The molecule has 0 amide bonds. The van der Waals surface area contributed by atoms with E-state index >= 15 is 0 Å². The zero-order valence-electron chi connectivity index (χ0n) is 11.1. The van der Waals surface area contributed by atoms with Gasteiger partial charge in [-0.2, -0.15) is 42.5 Å². The average Bonchev–Trinajstić information content (AvgIpc) is 2.86. The largest absolute Gasteiger partial charge is 0.226 e. The van der Waals surface area contributed by atoms with Crippen LogP contribution in [-0.4, -0.2) is 0 Å². The van der Waals surface area contributed by atoms with E-state index in [0.717, 1.165) is 17.5 Å². The second kappa shape index (κ2) is 5.64. The first-order valence-electron chi connectivity index (χ1n) is 6.52. The third-order valence-corrected chi connectivity index (χ3v) is 3.72. The molecule has 0 nitrogen and oxygen atoms in total. The minimum atomic E-state index is 0. The minimum absolute atomic E-state index is 0. The summed E-state index contributed by atoms with van der Waals surface area (Å²) in [5.41, 5.74) is 7.73. The maximum Gasteiger partial charge on any atom is 0 e. The molecule has 0 fully saturated rings. The zero-order chi connectivity index (χ0) is 12.7. The second-order valence-electron chi connectivity index (χ2n) is 4.90. The Kier molecular flexibility index (Phi) is 3.87. The molecule has 0 N–H and O–H groups in total. The van der Waals surface area contributed by atoms with Crippen molar-refractivity contribution in [2.24, 2.45) is 0 Å². The van der Waals surface area contributed by atoms with E-state index in [4.69, 9.17) is 0 Å². The smallest absolute Gasteiger partial charge is 0 e. The van der Waals surface area contributed by atoms with E-state index < -0.39 is 0 Å². The number of fused-ring (bicyclic) bond motifs is 3. The summed E-state index contributed by atoms with van der Waals surface area (Å²) in [5, 5.41) is 0. The van der Waals surface area contributed by atoms with Crippen molar-refractivity contribution >= 4 is 0 Å². The predicted molar refractivity (Wildman–Crippen MR) is 77.8 cm³/mol. The fourth-order valence-electron chi connectivity index (χ4n) is 2.78. The molecule has 0 spiro atoms. The Morgan fingerprint density at radius 1 is 0.750 bits per heavy atom. The molecular formula is C19H12Y-2. The molecule has 3 aromatic carbocycles. The van der Waals surface area contributed by atoms with E-state index in [1.165, 1.54) is 22.3 Å². The van der Waals surface area contributed by atoms with Crippen LogP contribution in [0.15, 0.2) is 60.7 Å². The SMILES string of the molecule is [Y].[c-]1ccccc1-c1[c-]cc2c(c1)-c1ccccc1C2. The van der Waals surface area contributed by atoms with Crippen molar-refractivity contribution in [1.29, 1.82) is 0 Å². The standard InChI is InChI=1S/C19H12.Y/c1-2-6-14(7-3-1)15-10-11-17-12-16-8-4-5-9-18(16)19(17)13-15;/h1-6,8-9,11,13H,12H2;/q-2;. The van der Waals surface area contributed by atoms with Gasteiger partial charge in [0.05, 0.1) is 0 Å². The molecule has 20 heavy (non-hydrogen) atoms. The van der Waals surface area contributed by atoms with Crippen LogP contribution in [0.25, 0.3) is 22.3 Å². The van der Waals surface area contributed by atoms with E-state index in [2.05, 4.69) is 54.6 Å². The van der Waals surface area contributed by atoms with Crippen LogP contribution in [0.4, 0.5) is 0 Å². The van der Waals surface area contributed by atoms with E-state index in [0.29, 0.717) is 0 Å². The third-order valence-electron chi connectivity index (χ3n) is 3.72. The maximum absolute atomic E-state index is 3.39. The predicted octanol–water partition coefficient (Wildman–Crippen LogP) is 4.52. The number of hydrogen-bond acceptors (Lipinski definition) is 0. The molecule has 0 saturated carbocycles. The second-order valence-corrected chi connectivity index (χ2v) is 4.90. The Balaban J connectivity index is 0.00000121. The maximum atomic E-state index is 3.39. The summed E-state index contributed by atoms with van der Waals surface area (Å²) in [6, 6.07) is 27.7. The van der Waals surface area contributed by atoms with Gasteiger partial charge >= 0.3 is 0 Å². The van der Waals surface area contributed by atoms with Crippen molar-refractivity contribution in [3.8, 4) is 22.3 Å². The molecule has 1 aliphatic rings. The molecule has 0 bridgehead atoms. The summed E-state index contributed by atoms with van der Waals surface area (Å²) in [6.07, 6.45) is 1.03. The molecule has 0 aliphatic heterocycles. The molecule has 0 heterocycles. The Morgan fingerprint density at radius 2 is 1.60 bits per heavy atom. The first-order valence-corrected chi connectivity index (χ1v) is 6.52. The quantitative estimate of drug-likeness (QED) is 0.450. The van der Waals surface area contributed by atoms with Crippen LogP contribution in [0.3, 0.4) is 0 Å². The van der Waals surface area contributed by atoms with Crippen molar-refractivity contribution in [1.82, 2.24) is 0 Å². The van der Waals surface area contributed by atoms with Crippen LogP contribution >= 0.6 is 0 Å². The molecule has 4 rings (SSSR count). The first-order chi connectivity index (χ1) is 9.42. The van der Waals surface area contributed by atoms with Gasteiger partial charge in [0.15, 0.2) is 0 Å². The molecule has 0 aromatic heterocycles. The molecule has 3 aromatic rings. The first kappa shape index (κ1) is 13.7. The van der Waals surface area contributed by atoms with Crippen LogP contribution in [0.5, 0.6) is 0 Å². The van der Waals surface area contributed by atoms with Gasteiger partial charge in [-0.15, -0.1) is 17.2 Å². The van der Waals surface area contributed by atoms with Crippen molar-refractivity contribution in [3.05, 3.63) is 83.9 Å². The van der Waals surface area contributed by atoms with Crippen molar-refractivity contribution < 1.29 is 32.7 Å². The summed E-state index contributed by atoms with van der Waals surface area (Å²) in [6.45, 7) is 0. The number of hydrogen-bond donors (Lipinski definition) is 0. The van der Waals surface area contributed by atoms with Gasteiger partial charge in [-0.1, -0.05) is 24.3 Å². The summed E-state index contributed by atoms with van der Waals surface area (Å²) in [7, 11) is 0. The summed E-state index contributed by atoms with van der Waals surface area (Å²) in [4.78, 5) is 0. The molecule has 0 saturated heterocycles. The van der Waals surface area contributed by atoms with Gasteiger partial charge in [0.25, 0.3) is 0 Å². The summed E-state index contributed by atoms with van der Waals surface area (Å²) in [5.74, 6) is 0. The van der Waals surface area contributed by atoms with Gasteiger partial charge < -0.3 is 0 Å². The topological polar surface area (TPSA) is 0 Å². The van der Waals surface area contributed by atoms with E-state index in [1.54, 1.807) is 0 Å². The molecule has 0 unspecified atom stereocenters. The average molecular weight is 329 g/mol. The number of rotatable bonds is 1. The van der Waals surface area contributed by atoms with Gasteiger partial charge in [0, 0.05) is 32.7 Å².